The Hall–Kier alpha value is -1.14. The van der Waals surface area contributed by atoms with Crippen molar-refractivity contribution in [3.63, 3.8) is 0 Å². The van der Waals surface area contributed by atoms with Gasteiger partial charge in [0, 0.05) is 19.7 Å². The first-order valence-corrected chi connectivity index (χ1v) is 5.76. The molecule has 1 fully saturated rings. The van der Waals surface area contributed by atoms with E-state index in [9.17, 15) is 0 Å². The van der Waals surface area contributed by atoms with Gasteiger partial charge in [-0.05, 0) is 30.8 Å². The highest BCUT2D eigenvalue weighted by Crippen LogP contribution is 2.19. The zero-order chi connectivity index (χ0) is 11.4. The molecule has 1 aliphatic rings. The van der Waals surface area contributed by atoms with Gasteiger partial charge in [-0.1, -0.05) is 0 Å². The molecule has 0 radical (unpaired) electrons. The highest BCUT2D eigenvalue weighted by Gasteiger charge is 2.19. The molecule has 2 rings (SSSR count). The van der Waals surface area contributed by atoms with Gasteiger partial charge in [0.05, 0.1) is 6.04 Å². The lowest BCUT2D eigenvalue weighted by molar-refractivity contribution is 0.259. The molecular formula is C10H18N4O2. The largest absolute Gasteiger partial charge is 0.396 e. The predicted octanol–water partition coefficient (Wildman–Crippen LogP) is 0.442. The van der Waals surface area contributed by atoms with Gasteiger partial charge in [0.15, 0.2) is 0 Å². The van der Waals surface area contributed by atoms with Crippen LogP contribution in [0.2, 0.25) is 0 Å². The quantitative estimate of drug-likeness (QED) is 0.774. The summed E-state index contributed by atoms with van der Waals surface area (Å²) in [6.45, 7) is 1.99. The minimum atomic E-state index is -0.365. The molecule has 2 heterocycles. The fourth-order valence-electron chi connectivity index (χ4n) is 1.86. The molecule has 6 nitrogen and oxygen atoms in total. The number of piperidine rings is 1. The molecule has 0 aliphatic carbocycles. The lowest BCUT2D eigenvalue weighted by Gasteiger charge is -2.24. The van der Waals surface area contributed by atoms with Crippen LogP contribution in [0.1, 0.15) is 37.6 Å². The van der Waals surface area contributed by atoms with Crippen molar-refractivity contribution in [2.75, 3.05) is 24.6 Å². The Labute approximate surface area is 94.4 Å². The van der Waals surface area contributed by atoms with Crippen LogP contribution in [0.4, 0.5) is 5.95 Å². The lowest BCUT2D eigenvalue weighted by atomic mass is 10.1. The van der Waals surface area contributed by atoms with E-state index in [1.165, 1.54) is 19.3 Å². The van der Waals surface area contributed by atoms with Crippen molar-refractivity contribution in [3.8, 4) is 0 Å². The molecule has 0 amide bonds. The second-order valence-electron chi connectivity index (χ2n) is 4.10. The summed E-state index contributed by atoms with van der Waals surface area (Å²) in [6, 6.07) is -0.365. The van der Waals surface area contributed by atoms with Crippen LogP contribution < -0.4 is 10.6 Å². The van der Waals surface area contributed by atoms with Crippen molar-refractivity contribution < 1.29 is 9.63 Å². The molecule has 1 unspecified atom stereocenters. The fraction of sp³-hybridized carbons (Fsp3) is 0.800. The highest BCUT2D eigenvalue weighted by molar-refractivity contribution is 5.28. The summed E-state index contributed by atoms with van der Waals surface area (Å²) < 4.78 is 5.09. The summed E-state index contributed by atoms with van der Waals surface area (Å²) >= 11 is 0. The predicted molar refractivity (Wildman–Crippen MR) is 59.0 cm³/mol. The fourth-order valence-corrected chi connectivity index (χ4v) is 1.86. The van der Waals surface area contributed by atoms with Gasteiger partial charge in [0.25, 0.3) is 5.95 Å². The standard InChI is InChI=1S/C10H18N4O2/c11-8(4-7-15)9-12-10(13-16-9)14-5-2-1-3-6-14/h8,15H,1-7,11H2. The van der Waals surface area contributed by atoms with Gasteiger partial charge in [-0.25, -0.2) is 0 Å². The van der Waals surface area contributed by atoms with Gasteiger partial charge < -0.3 is 20.3 Å². The Balaban J connectivity index is 2.00. The van der Waals surface area contributed by atoms with E-state index < -0.39 is 0 Å². The Kier molecular flexibility index (Phi) is 3.74. The average Bonchev–Trinajstić information content (AvgIpc) is 2.80. The Bertz CT molecular complexity index is 322. The molecule has 1 saturated heterocycles. The molecule has 1 aliphatic heterocycles. The third-order valence-electron chi connectivity index (χ3n) is 2.83. The number of aliphatic hydroxyl groups is 1. The van der Waals surface area contributed by atoms with E-state index in [1.807, 2.05) is 0 Å². The van der Waals surface area contributed by atoms with Crippen molar-refractivity contribution in [3.05, 3.63) is 5.89 Å². The van der Waals surface area contributed by atoms with Gasteiger partial charge in [0.1, 0.15) is 0 Å². The number of rotatable bonds is 4. The molecule has 1 atom stereocenters. The maximum atomic E-state index is 8.77. The van der Waals surface area contributed by atoms with Crippen LogP contribution in [-0.2, 0) is 0 Å². The van der Waals surface area contributed by atoms with Crippen LogP contribution in [0.3, 0.4) is 0 Å². The van der Waals surface area contributed by atoms with Gasteiger partial charge in [-0.2, -0.15) is 4.98 Å². The summed E-state index contributed by atoms with van der Waals surface area (Å²) in [5, 5.41) is 12.7. The number of hydrogen-bond acceptors (Lipinski definition) is 6. The molecule has 0 spiro atoms. The van der Waals surface area contributed by atoms with Crippen LogP contribution in [0.5, 0.6) is 0 Å². The summed E-state index contributed by atoms with van der Waals surface area (Å²) in [7, 11) is 0. The SMILES string of the molecule is NC(CCO)c1nc(N2CCCCC2)no1. The van der Waals surface area contributed by atoms with Crippen LogP contribution in [-0.4, -0.2) is 34.9 Å². The van der Waals surface area contributed by atoms with Gasteiger partial charge in [-0.3, -0.25) is 0 Å². The monoisotopic (exact) mass is 226 g/mol. The van der Waals surface area contributed by atoms with Crippen molar-refractivity contribution in [2.24, 2.45) is 5.73 Å². The summed E-state index contributed by atoms with van der Waals surface area (Å²) in [5.74, 6) is 1.04. The molecule has 0 saturated carbocycles. The van der Waals surface area contributed by atoms with Gasteiger partial charge in [-0.15, -0.1) is 0 Å². The number of nitrogens with zero attached hydrogens (tertiary/aromatic N) is 3. The Morgan fingerprint density at radius 3 is 2.81 bits per heavy atom. The number of anilines is 1. The number of hydrogen-bond donors (Lipinski definition) is 2. The van der Waals surface area contributed by atoms with E-state index in [2.05, 4.69) is 15.0 Å². The van der Waals surface area contributed by atoms with E-state index in [0.29, 0.717) is 18.3 Å². The molecule has 3 N–H and O–H groups in total. The average molecular weight is 226 g/mol. The number of nitrogens with two attached hydrogens (primary N) is 1. The third-order valence-corrected chi connectivity index (χ3v) is 2.83. The zero-order valence-electron chi connectivity index (χ0n) is 9.30. The maximum Gasteiger partial charge on any atom is 0.266 e. The maximum absolute atomic E-state index is 8.77. The van der Waals surface area contributed by atoms with E-state index in [-0.39, 0.29) is 12.6 Å². The second-order valence-corrected chi connectivity index (χ2v) is 4.10. The highest BCUT2D eigenvalue weighted by atomic mass is 16.5. The topological polar surface area (TPSA) is 88.4 Å². The van der Waals surface area contributed by atoms with Crippen molar-refractivity contribution in [1.82, 2.24) is 10.1 Å². The number of aliphatic hydroxyl groups excluding tert-OH is 1. The molecular weight excluding hydrogens is 208 g/mol. The van der Waals surface area contributed by atoms with E-state index in [0.717, 1.165) is 13.1 Å². The van der Waals surface area contributed by atoms with Crippen LogP contribution in [0.25, 0.3) is 0 Å². The van der Waals surface area contributed by atoms with Crippen molar-refractivity contribution >= 4 is 5.95 Å². The molecule has 0 aromatic carbocycles. The second kappa shape index (κ2) is 5.27. The zero-order valence-corrected chi connectivity index (χ0v) is 9.30. The molecule has 6 heteroatoms. The third kappa shape index (κ3) is 2.51. The van der Waals surface area contributed by atoms with E-state index in [4.69, 9.17) is 15.4 Å². The minimum Gasteiger partial charge on any atom is -0.396 e. The normalized spacial score (nSPS) is 18.8. The van der Waals surface area contributed by atoms with Crippen LogP contribution in [0.15, 0.2) is 4.52 Å². The van der Waals surface area contributed by atoms with Crippen molar-refractivity contribution in [1.29, 1.82) is 0 Å². The molecule has 0 bridgehead atoms. The molecule has 1 aromatic heterocycles. The first-order chi connectivity index (χ1) is 7.81. The lowest BCUT2D eigenvalue weighted by Crippen LogP contribution is -2.30. The van der Waals surface area contributed by atoms with Crippen LogP contribution >= 0.6 is 0 Å². The van der Waals surface area contributed by atoms with E-state index >= 15 is 0 Å². The van der Waals surface area contributed by atoms with Crippen LogP contribution in [0, 0.1) is 0 Å². The smallest absolute Gasteiger partial charge is 0.266 e. The first kappa shape index (κ1) is 11.3. The molecule has 90 valence electrons. The first-order valence-electron chi connectivity index (χ1n) is 5.76. The summed E-state index contributed by atoms with van der Waals surface area (Å²) in [5.41, 5.74) is 5.77. The van der Waals surface area contributed by atoms with Crippen molar-refractivity contribution in [2.45, 2.75) is 31.7 Å². The minimum absolute atomic E-state index is 0.0304. The molecule has 16 heavy (non-hydrogen) atoms. The Morgan fingerprint density at radius 1 is 1.38 bits per heavy atom. The van der Waals surface area contributed by atoms with Gasteiger partial charge >= 0.3 is 0 Å². The molecule has 1 aromatic rings. The Morgan fingerprint density at radius 2 is 2.12 bits per heavy atom. The van der Waals surface area contributed by atoms with Gasteiger partial charge in [0.2, 0.25) is 5.89 Å². The summed E-state index contributed by atoms with van der Waals surface area (Å²) in [4.78, 5) is 6.38. The number of aromatic nitrogens is 2. The van der Waals surface area contributed by atoms with E-state index in [1.54, 1.807) is 0 Å². The summed E-state index contributed by atoms with van der Waals surface area (Å²) in [6.07, 6.45) is 4.06.